The third kappa shape index (κ3) is 3.90. The van der Waals surface area contributed by atoms with E-state index in [2.05, 4.69) is 0 Å². The Bertz CT molecular complexity index is 630. The van der Waals surface area contributed by atoms with Gasteiger partial charge in [-0.2, -0.15) is 0 Å². The summed E-state index contributed by atoms with van der Waals surface area (Å²) in [5, 5.41) is 9.97. The maximum Gasteiger partial charge on any atom is 0.410 e. The van der Waals surface area contributed by atoms with Crippen molar-refractivity contribution in [2.75, 3.05) is 6.54 Å². The van der Waals surface area contributed by atoms with Gasteiger partial charge in [-0.25, -0.2) is 4.79 Å². The van der Waals surface area contributed by atoms with Gasteiger partial charge in [0, 0.05) is 6.54 Å². The van der Waals surface area contributed by atoms with Gasteiger partial charge in [0.1, 0.15) is 6.61 Å². The van der Waals surface area contributed by atoms with Crippen LogP contribution in [0.25, 0.3) is 0 Å². The van der Waals surface area contributed by atoms with Crippen LogP contribution in [0.3, 0.4) is 0 Å². The Kier molecular flexibility index (Phi) is 4.93. The van der Waals surface area contributed by atoms with Crippen LogP contribution in [0.15, 0.2) is 60.7 Å². The zero-order valence-corrected chi connectivity index (χ0v) is 13.0. The van der Waals surface area contributed by atoms with Crippen LogP contribution in [0.5, 0.6) is 0 Å². The van der Waals surface area contributed by atoms with E-state index in [1.54, 1.807) is 4.90 Å². The lowest BCUT2D eigenvalue weighted by molar-refractivity contribution is 0.0259. The number of carbonyl (C=O) groups excluding carboxylic acids is 1. The van der Waals surface area contributed by atoms with Crippen LogP contribution in [0.1, 0.15) is 30.0 Å². The Morgan fingerprint density at radius 1 is 1.09 bits per heavy atom. The van der Waals surface area contributed by atoms with E-state index < -0.39 is 0 Å². The van der Waals surface area contributed by atoms with Crippen molar-refractivity contribution in [1.82, 2.24) is 4.90 Å². The van der Waals surface area contributed by atoms with Crippen LogP contribution in [0, 0.1) is 0 Å². The van der Waals surface area contributed by atoms with E-state index in [-0.39, 0.29) is 24.8 Å². The van der Waals surface area contributed by atoms with E-state index >= 15 is 0 Å². The molecular weight excluding hydrogens is 290 g/mol. The zero-order chi connectivity index (χ0) is 16.1. The standard InChI is InChI=1S/C19H21NO3/c21-17-11-12-20(18(13-17)16-9-5-2-6-10-16)19(22)23-14-15-7-3-1-4-8-15/h1-10,17-18,21H,11-14H2/t17-,18-/m0/s1. The molecule has 0 aliphatic carbocycles. The molecule has 2 aromatic carbocycles. The first-order valence-electron chi connectivity index (χ1n) is 7.94. The third-order valence-electron chi connectivity index (χ3n) is 4.20. The predicted molar refractivity (Wildman–Crippen MR) is 87.8 cm³/mol. The van der Waals surface area contributed by atoms with Crippen molar-refractivity contribution in [2.45, 2.75) is 31.6 Å². The summed E-state index contributed by atoms with van der Waals surface area (Å²) in [5.41, 5.74) is 2.00. The van der Waals surface area contributed by atoms with E-state index in [1.807, 2.05) is 60.7 Å². The summed E-state index contributed by atoms with van der Waals surface area (Å²) in [6.45, 7) is 0.772. The van der Waals surface area contributed by atoms with Crippen LogP contribution >= 0.6 is 0 Å². The summed E-state index contributed by atoms with van der Waals surface area (Å²) in [6, 6.07) is 19.3. The average molecular weight is 311 g/mol. The SMILES string of the molecule is O=C(OCc1ccccc1)N1CC[C@H](O)C[C@H]1c1ccccc1. The number of benzene rings is 2. The lowest BCUT2D eigenvalue weighted by atomic mass is 9.94. The molecule has 0 saturated carbocycles. The van der Waals surface area contributed by atoms with Gasteiger partial charge in [0.05, 0.1) is 12.1 Å². The summed E-state index contributed by atoms with van der Waals surface area (Å²) >= 11 is 0. The van der Waals surface area contributed by atoms with Gasteiger partial charge in [0.25, 0.3) is 0 Å². The van der Waals surface area contributed by atoms with Gasteiger partial charge in [0.2, 0.25) is 0 Å². The summed E-state index contributed by atoms with van der Waals surface area (Å²) in [4.78, 5) is 14.2. The number of amides is 1. The quantitative estimate of drug-likeness (QED) is 0.943. The number of carbonyl (C=O) groups is 1. The number of aliphatic hydroxyl groups excluding tert-OH is 1. The van der Waals surface area contributed by atoms with Crippen LogP contribution in [-0.4, -0.2) is 28.7 Å². The number of hydrogen-bond acceptors (Lipinski definition) is 3. The van der Waals surface area contributed by atoms with Gasteiger partial charge in [-0.15, -0.1) is 0 Å². The molecule has 1 aliphatic heterocycles. The Hall–Kier alpha value is -2.33. The van der Waals surface area contributed by atoms with Gasteiger partial charge in [-0.3, -0.25) is 0 Å². The van der Waals surface area contributed by atoms with Crippen molar-refractivity contribution in [3.8, 4) is 0 Å². The molecule has 1 amide bonds. The number of piperidine rings is 1. The predicted octanol–water partition coefficient (Wildman–Crippen LogP) is 3.52. The highest BCUT2D eigenvalue weighted by atomic mass is 16.6. The molecule has 1 fully saturated rings. The zero-order valence-electron chi connectivity index (χ0n) is 13.0. The number of nitrogens with zero attached hydrogens (tertiary/aromatic N) is 1. The molecule has 0 unspecified atom stereocenters. The number of hydrogen-bond donors (Lipinski definition) is 1. The normalized spacial score (nSPS) is 21.0. The van der Waals surface area contributed by atoms with Gasteiger partial charge < -0.3 is 14.7 Å². The Morgan fingerprint density at radius 2 is 1.74 bits per heavy atom. The molecule has 23 heavy (non-hydrogen) atoms. The van der Waals surface area contributed by atoms with Crippen molar-refractivity contribution in [1.29, 1.82) is 0 Å². The van der Waals surface area contributed by atoms with Gasteiger partial charge >= 0.3 is 6.09 Å². The summed E-state index contributed by atoms with van der Waals surface area (Å²) in [7, 11) is 0. The minimum absolute atomic E-state index is 0.136. The van der Waals surface area contributed by atoms with E-state index in [9.17, 15) is 9.90 Å². The minimum atomic E-state index is -0.377. The molecule has 3 rings (SSSR count). The van der Waals surface area contributed by atoms with Gasteiger partial charge in [-0.05, 0) is 24.0 Å². The minimum Gasteiger partial charge on any atom is -0.445 e. The highest BCUT2D eigenvalue weighted by Crippen LogP contribution is 2.31. The topological polar surface area (TPSA) is 49.8 Å². The Balaban J connectivity index is 1.69. The van der Waals surface area contributed by atoms with Crippen molar-refractivity contribution in [2.24, 2.45) is 0 Å². The van der Waals surface area contributed by atoms with Crippen molar-refractivity contribution < 1.29 is 14.6 Å². The van der Waals surface area contributed by atoms with Crippen LogP contribution in [0.2, 0.25) is 0 Å². The molecule has 0 spiro atoms. The molecule has 2 atom stereocenters. The first-order chi connectivity index (χ1) is 11.2. The molecule has 4 heteroatoms. The molecule has 0 aromatic heterocycles. The first-order valence-corrected chi connectivity index (χ1v) is 7.94. The highest BCUT2D eigenvalue weighted by Gasteiger charge is 2.32. The second-order valence-electron chi connectivity index (χ2n) is 5.84. The molecule has 1 heterocycles. The Labute approximate surface area is 136 Å². The van der Waals surface area contributed by atoms with Crippen LogP contribution < -0.4 is 0 Å². The number of likely N-dealkylation sites (tertiary alicyclic amines) is 1. The van der Waals surface area contributed by atoms with E-state index in [0.717, 1.165) is 11.1 Å². The lowest BCUT2D eigenvalue weighted by Gasteiger charge is -2.37. The largest absolute Gasteiger partial charge is 0.445 e. The summed E-state index contributed by atoms with van der Waals surface area (Å²) in [6.07, 6.45) is 0.432. The van der Waals surface area contributed by atoms with Crippen molar-refractivity contribution >= 4 is 6.09 Å². The average Bonchev–Trinajstić information content (AvgIpc) is 2.61. The fraction of sp³-hybridized carbons (Fsp3) is 0.316. The van der Waals surface area contributed by atoms with E-state index in [1.165, 1.54) is 0 Å². The molecule has 1 saturated heterocycles. The first kappa shape index (κ1) is 15.6. The van der Waals surface area contributed by atoms with E-state index in [0.29, 0.717) is 19.4 Å². The van der Waals surface area contributed by atoms with Crippen LogP contribution in [0.4, 0.5) is 4.79 Å². The second kappa shape index (κ2) is 7.29. The molecule has 1 aliphatic rings. The smallest absolute Gasteiger partial charge is 0.410 e. The highest BCUT2D eigenvalue weighted by molar-refractivity contribution is 5.68. The van der Waals surface area contributed by atoms with Crippen LogP contribution in [-0.2, 0) is 11.3 Å². The van der Waals surface area contributed by atoms with Gasteiger partial charge in [-0.1, -0.05) is 60.7 Å². The number of ether oxygens (including phenoxy) is 1. The van der Waals surface area contributed by atoms with Gasteiger partial charge in [0.15, 0.2) is 0 Å². The molecule has 0 radical (unpaired) electrons. The summed E-state index contributed by atoms with van der Waals surface area (Å²) in [5.74, 6) is 0. The fourth-order valence-corrected chi connectivity index (χ4v) is 2.96. The lowest BCUT2D eigenvalue weighted by Crippen LogP contribution is -2.42. The van der Waals surface area contributed by atoms with E-state index in [4.69, 9.17) is 4.74 Å². The number of aliphatic hydroxyl groups is 1. The van der Waals surface area contributed by atoms with Crippen molar-refractivity contribution in [3.63, 3.8) is 0 Å². The Morgan fingerprint density at radius 3 is 2.43 bits per heavy atom. The molecule has 1 N–H and O–H groups in total. The second-order valence-corrected chi connectivity index (χ2v) is 5.84. The monoisotopic (exact) mass is 311 g/mol. The molecular formula is C19H21NO3. The fourth-order valence-electron chi connectivity index (χ4n) is 2.96. The number of rotatable bonds is 3. The molecule has 120 valence electrons. The molecule has 0 bridgehead atoms. The maximum absolute atomic E-state index is 12.5. The third-order valence-corrected chi connectivity index (χ3v) is 4.20. The molecule has 2 aromatic rings. The summed E-state index contributed by atoms with van der Waals surface area (Å²) < 4.78 is 5.46. The molecule has 4 nitrogen and oxygen atoms in total. The van der Waals surface area contributed by atoms with Crippen molar-refractivity contribution in [3.05, 3.63) is 71.8 Å². The maximum atomic E-state index is 12.5.